The molecule has 2 heterocycles. The number of aryl methyl sites for hydroxylation is 1. The van der Waals surface area contributed by atoms with E-state index in [1.165, 1.54) is 6.92 Å². The molecule has 0 radical (unpaired) electrons. The first-order chi connectivity index (χ1) is 16.6. The van der Waals surface area contributed by atoms with Crippen LogP contribution in [0.25, 0.3) is 22.0 Å². The molecule has 180 valence electrons. The highest BCUT2D eigenvalue weighted by Crippen LogP contribution is 2.35. The monoisotopic (exact) mass is 470 g/mol. The number of aromatic nitrogens is 3. The maximum absolute atomic E-state index is 12.6. The maximum Gasteiger partial charge on any atom is 0.326 e. The summed E-state index contributed by atoms with van der Waals surface area (Å²) in [4.78, 5) is 33.8. The predicted molar refractivity (Wildman–Crippen MR) is 137 cm³/mol. The third-order valence-corrected chi connectivity index (χ3v) is 5.54. The number of esters is 1. The highest BCUT2D eigenvalue weighted by atomic mass is 16.6. The lowest BCUT2D eigenvalue weighted by Crippen LogP contribution is -2.26. The summed E-state index contributed by atoms with van der Waals surface area (Å²) >= 11 is 0. The van der Waals surface area contributed by atoms with Crippen molar-refractivity contribution in [2.75, 3.05) is 5.32 Å². The number of nitrogens with zero attached hydrogens (tertiary/aromatic N) is 3. The molecule has 0 aliphatic carbocycles. The van der Waals surface area contributed by atoms with E-state index in [1.807, 2.05) is 58.0 Å². The fourth-order valence-electron chi connectivity index (χ4n) is 3.97. The molecule has 0 unspecified atom stereocenters. The number of hydrogen-bond donors (Lipinski definition) is 1. The van der Waals surface area contributed by atoms with Gasteiger partial charge >= 0.3 is 5.97 Å². The molecule has 2 aromatic heterocycles. The SMILES string of the molecule is CC(=O)c1cn(CC(=O)OC(C)(C)C)c2cc(NCc3ccccc3)c(-c3cnc(C)nc3)cc12. The normalized spacial score (nSPS) is 11.5. The number of fused-ring (bicyclic) bond motifs is 1. The predicted octanol–water partition coefficient (Wildman–Crippen LogP) is 5.56. The van der Waals surface area contributed by atoms with Gasteiger partial charge in [0.15, 0.2) is 5.78 Å². The summed E-state index contributed by atoms with van der Waals surface area (Å²) in [5.74, 6) is 0.245. The Kier molecular flexibility index (Phi) is 6.69. The van der Waals surface area contributed by atoms with E-state index in [0.29, 0.717) is 17.9 Å². The molecule has 0 saturated carbocycles. The minimum Gasteiger partial charge on any atom is -0.459 e. The zero-order valence-corrected chi connectivity index (χ0v) is 20.8. The Balaban J connectivity index is 1.83. The Morgan fingerprint density at radius 1 is 1.06 bits per heavy atom. The van der Waals surface area contributed by atoms with Crippen molar-refractivity contribution in [3.05, 3.63) is 78.0 Å². The van der Waals surface area contributed by atoms with Gasteiger partial charge in [0.25, 0.3) is 0 Å². The Labute approximate surface area is 205 Å². The number of hydrogen-bond acceptors (Lipinski definition) is 6. The van der Waals surface area contributed by atoms with Crippen molar-refractivity contribution in [1.29, 1.82) is 0 Å². The Morgan fingerprint density at radius 2 is 1.74 bits per heavy atom. The molecule has 2 aromatic carbocycles. The first-order valence-electron chi connectivity index (χ1n) is 11.6. The van der Waals surface area contributed by atoms with Crippen LogP contribution in [0.5, 0.6) is 0 Å². The number of ketones is 1. The topological polar surface area (TPSA) is 86.1 Å². The summed E-state index contributed by atoms with van der Waals surface area (Å²) < 4.78 is 7.30. The van der Waals surface area contributed by atoms with Crippen LogP contribution in [0.4, 0.5) is 5.69 Å². The number of nitrogens with one attached hydrogen (secondary N) is 1. The lowest BCUT2D eigenvalue weighted by molar-refractivity contribution is -0.155. The van der Waals surface area contributed by atoms with Gasteiger partial charge < -0.3 is 14.6 Å². The van der Waals surface area contributed by atoms with Gasteiger partial charge in [-0.25, -0.2) is 9.97 Å². The van der Waals surface area contributed by atoms with Crippen LogP contribution in [0.3, 0.4) is 0 Å². The Hall–Kier alpha value is -4.00. The van der Waals surface area contributed by atoms with Crippen molar-refractivity contribution in [2.24, 2.45) is 0 Å². The van der Waals surface area contributed by atoms with Crippen molar-refractivity contribution < 1.29 is 14.3 Å². The largest absolute Gasteiger partial charge is 0.459 e. The fourth-order valence-corrected chi connectivity index (χ4v) is 3.97. The number of anilines is 1. The smallest absolute Gasteiger partial charge is 0.326 e. The van der Waals surface area contributed by atoms with Crippen molar-refractivity contribution in [3.63, 3.8) is 0 Å². The minimum atomic E-state index is -0.593. The van der Waals surface area contributed by atoms with E-state index < -0.39 is 5.60 Å². The number of carbonyl (C=O) groups is 2. The van der Waals surface area contributed by atoms with Crippen LogP contribution in [0.1, 0.15) is 49.4 Å². The zero-order valence-electron chi connectivity index (χ0n) is 20.8. The summed E-state index contributed by atoms with van der Waals surface area (Å²) in [6, 6.07) is 14.0. The number of rotatable bonds is 7. The molecular weight excluding hydrogens is 440 g/mol. The second kappa shape index (κ2) is 9.70. The van der Waals surface area contributed by atoms with Crippen LogP contribution in [0, 0.1) is 6.92 Å². The van der Waals surface area contributed by atoms with E-state index in [-0.39, 0.29) is 18.3 Å². The molecule has 0 bridgehead atoms. The van der Waals surface area contributed by atoms with Gasteiger partial charge in [0.2, 0.25) is 0 Å². The molecular formula is C28H30N4O3. The molecule has 0 fully saturated rings. The Morgan fingerprint density at radius 3 is 2.37 bits per heavy atom. The number of ether oxygens (including phenoxy) is 1. The number of benzene rings is 2. The molecule has 7 heteroatoms. The average molecular weight is 471 g/mol. The van der Waals surface area contributed by atoms with Crippen molar-refractivity contribution >= 4 is 28.3 Å². The molecule has 0 saturated heterocycles. The van der Waals surface area contributed by atoms with Crippen LogP contribution in [-0.2, 0) is 22.6 Å². The zero-order chi connectivity index (χ0) is 25.2. The van der Waals surface area contributed by atoms with Gasteiger partial charge in [-0.05, 0) is 52.3 Å². The van der Waals surface area contributed by atoms with E-state index in [0.717, 1.165) is 33.3 Å². The lowest BCUT2D eigenvalue weighted by Gasteiger charge is -2.20. The van der Waals surface area contributed by atoms with Gasteiger partial charge in [0, 0.05) is 52.9 Å². The molecule has 4 aromatic rings. The van der Waals surface area contributed by atoms with Gasteiger partial charge in [0.05, 0.1) is 5.52 Å². The highest BCUT2D eigenvalue weighted by molar-refractivity contribution is 6.09. The van der Waals surface area contributed by atoms with Crippen LogP contribution in [-0.4, -0.2) is 31.9 Å². The van der Waals surface area contributed by atoms with Crippen molar-refractivity contribution in [1.82, 2.24) is 14.5 Å². The number of carbonyl (C=O) groups excluding carboxylic acids is 2. The van der Waals surface area contributed by atoms with Gasteiger partial charge in [-0.15, -0.1) is 0 Å². The molecule has 0 aliphatic heterocycles. The van der Waals surface area contributed by atoms with Crippen LogP contribution >= 0.6 is 0 Å². The molecule has 1 N–H and O–H groups in total. The van der Waals surface area contributed by atoms with E-state index in [1.54, 1.807) is 23.2 Å². The third kappa shape index (κ3) is 5.74. The fraction of sp³-hybridized carbons (Fsp3) is 0.286. The summed E-state index contributed by atoms with van der Waals surface area (Å²) in [5.41, 5.74) is 4.43. The van der Waals surface area contributed by atoms with Gasteiger partial charge in [-0.3, -0.25) is 9.59 Å². The molecule has 0 atom stereocenters. The van der Waals surface area contributed by atoms with Crippen molar-refractivity contribution in [2.45, 2.75) is 53.3 Å². The Bertz CT molecular complexity index is 1370. The quantitative estimate of drug-likeness (QED) is 0.281. The summed E-state index contributed by atoms with van der Waals surface area (Å²) in [5, 5.41) is 4.29. The molecule has 0 amide bonds. The van der Waals surface area contributed by atoms with E-state index in [4.69, 9.17) is 4.74 Å². The van der Waals surface area contributed by atoms with Crippen LogP contribution in [0.15, 0.2) is 61.1 Å². The van der Waals surface area contributed by atoms with E-state index in [2.05, 4.69) is 27.4 Å². The van der Waals surface area contributed by atoms with Gasteiger partial charge in [0.1, 0.15) is 18.0 Å². The lowest BCUT2D eigenvalue weighted by atomic mass is 10.0. The second-order valence-electron chi connectivity index (χ2n) is 9.59. The molecule has 7 nitrogen and oxygen atoms in total. The molecule has 0 spiro atoms. The number of Topliss-reactive ketones (excluding diaryl/α,β-unsaturated/α-hetero) is 1. The minimum absolute atomic E-state index is 0.00612. The van der Waals surface area contributed by atoms with Crippen LogP contribution in [0.2, 0.25) is 0 Å². The summed E-state index contributed by atoms with van der Waals surface area (Å²) in [6.07, 6.45) is 5.29. The first kappa shape index (κ1) is 24.1. The second-order valence-corrected chi connectivity index (χ2v) is 9.59. The van der Waals surface area contributed by atoms with Gasteiger partial charge in [-0.2, -0.15) is 0 Å². The van der Waals surface area contributed by atoms with E-state index >= 15 is 0 Å². The third-order valence-electron chi connectivity index (χ3n) is 5.54. The van der Waals surface area contributed by atoms with Crippen LogP contribution < -0.4 is 5.32 Å². The maximum atomic E-state index is 12.6. The first-order valence-corrected chi connectivity index (χ1v) is 11.6. The highest BCUT2D eigenvalue weighted by Gasteiger charge is 2.21. The summed E-state index contributed by atoms with van der Waals surface area (Å²) in [6.45, 7) is 9.49. The molecule has 35 heavy (non-hydrogen) atoms. The summed E-state index contributed by atoms with van der Waals surface area (Å²) in [7, 11) is 0. The molecule has 0 aliphatic rings. The standard InChI is InChI=1S/C28H30N4O3/c1-18(33)24-16-32(17-27(34)35-28(3,4)5)26-12-25(31-13-20-9-7-6-8-10-20)22(11-23(24)26)21-14-29-19(2)30-15-21/h6-12,14-16,31H,13,17H2,1-5H3. The van der Waals surface area contributed by atoms with E-state index in [9.17, 15) is 9.59 Å². The average Bonchev–Trinajstić information content (AvgIpc) is 3.14. The molecule has 4 rings (SSSR count). The van der Waals surface area contributed by atoms with Gasteiger partial charge in [-0.1, -0.05) is 30.3 Å². The van der Waals surface area contributed by atoms with Crippen molar-refractivity contribution in [3.8, 4) is 11.1 Å².